The van der Waals surface area contributed by atoms with Gasteiger partial charge in [0.25, 0.3) is 0 Å². The molecule has 7 nitrogen and oxygen atoms in total. The Labute approximate surface area is 113 Å². The fraction of sp³-hybridized carbons (Fsp3) is 0.167. The molecular weight excluding hydrogens is 267 g/mol. The standard InChI is InChI=1S/C12H11FN4O3/c13-10-4-2-1-3-9(10)5-14-12(18)7-16-6-11(15-8-16)17(19)20/h1-4,6,8H,5,7H2,(H,14,18). The van der Waals surface area contributed by atoms with E-state index in [9.17, 15) is 19.3 Å². The number of benzene rings is 1. The van der Waals surface area contributed by atoms with Crippen LogP contribution in [-0.2, 0) is 17.9 Å². The predicted octanol–water partition coefficient (Wildman–Crippen LogP) is 1.25. The third-order valence-electron chi connectivity index (χ3n) is 2.57. The summed E-state index contributed by atoms with van der Waals surface area (Å²) in [6.45, 7) is -0.0579. The molecular formula is C12H11FN4O3. The van der Waals surface area contributed by atoms with Crippen LogP contribution in [-0.4, -0.2) is 20.4 Å². The van der Waals surface area contributed by atoms with Crippen molar-refractivity contribution in [1.29, 1.82) is 0 Å². The first-order valence-corrected chi connectivity index (χ1v) is 5.72. The Morgan fingerprint density at radius 2 is 2.20 bits per heavy atom. The van der Waals surface area contributed by atoms with Crippen LogP contribution in [0.15, 0.2) is 36.8 Å². The topological polar surface area (TPSA) is 90.1 Å². The van der Waals surface area contributed by atoms with Gasteiger partial charge in [-0.3, -0.25) is 4.79 Å². The van der Waals surface area contributed by atoms with E-state index in [1.807, 2.05) is 0 Å². The minimum absolute atomic E-state index is 0.0578. The summed E-state index contributed by atoms with van der Waals surface area (Å²) in [6, 6.07) is 6.10. The molecule has 0 bridgehead atoms. The van der Waals surface area contributed by atoms with Crippen molar-refractivity contribution in [2.45, 2.75) is 13.1 Å². The molecule has 2 rings (SSSR count). The van der Waals surface area contributed by atoms with Gasteiger partial charge in [0, 0.05) is 12.1 Å². The second kappa shape index (κ2) is 5.91. The smallest absolute Gasteiger partial charge is 0.358 e. The highest BCUT2D eigenvalue weighted by Crippen LogP contribution is 2.07. The zero-order valence-electron chi connectivity index (χ0n) is 10.3. The molecule has 0 radical (unpaired) electrons. The van der Waals surface area contributed by atoms with Crippen molar-refractivity contribution < 1.29 is 14.1 Å². The van der Waals surface area contributed by atoms with Crippen LogP contribution in [0.3, 0.4) is 0 Å². The molecule has 1 aromatic heterocycles. The molecule has 0 aliphatic heterocycles. The molecule has 0 saturated carbocycles. The second-order valence-corrected chi connectivity index (χ2v) is 4.03. The lowest BCUT2D eigenvalue weighted by Crippen LogP contribution is -2.27. The highest BCUT2D eigenvalue weighted by molar-refractivity contribution is 5.75. The molecule has 0 saturated heterocycles. The lowest BCUT2D eigenvalue weighted by Gasteiger charge is -2.06. The minimum Gasteiger partial charge on any atom is -0.358 e. The van der Waals surface area contributed by atoms with Crippen LogP contribution in [0.2, 0.25) is 0 Å². The van der Waals surface area contributed by atoms with Crippen molar-refractivity contribution in [3.05, 3.63) is 58.3 Å². The second-order valence-electron chi connectivity index (χ2n) is 4.03. The van der Waals surface area contributed by atoms with Gasteiger partial charge in [0.05, 0.1) is 0 Å². The molecule has 104 valence electrons. The Morgan fingerprint density at radius 3 is 2.85 bits per heavy atom. The summed E-state index contributed by atoms with van der Waals surface area (Å²) in [4.78, 5) is 24.9. The Balaban J connectivity index is 1.89. The summed E-state index contributed by atoms with van der Waals surface area (Å²) < 4.78 is 14.6. The number of carbonyl (C=O) groups excluding carboxylic acids is 1. The lowest BCUT2D eigenvalue weighted by atomic mass is 10.2. The third-order valence-corrected chi connectivity index (χ3v) is 2.57. The largest absolute Gasteiger partial charge is 0.381 e. The number of hydrogen-bond acceptors (Lipinski definition) is 4. The van der Waals surface area contributed by atoms with E-state index in [1.54, 1.807) is 18.2 Å². The van der Waals surface area contributed by atoms with E-state index in [0.29, 0.717) is 5.56 Å². The maximum atomic E-state index is 13.3. The number of aromatic nitrogens is 2. The van der Waals surface area contributed by atoms with Gasteiger partial charge in [-0.15, -0.1) is 0 Å². The molecule has 0 spiro atoms. The highest BCUT2D eigenvalue weighted by atomic mass is 19.1. The molecule has 20 heavy (non-hydrogen) atoms. The van der Waals surface area contributed by atoms with Crippen LogP contribution in [0, 0.1) is 15.9 Å². The quantitative estimate of drug-likeness (QED) is 0.658. The molecule has 1 amide bonds. The summed E-state index contributed by atoms with van der Waals surface area (Å²) >= 11 is 0. The minimum atomic E-state index is -0.645. The van der Waals surface area contributed by atoms with Gasteiger partial charge < -0.3 is 20.0 Å². The van der Waals surface area contributed by atoms with Crippen LogP contribution in [0.25, 0.3) is 0 Å². The average molecular weight is 278 g/mol. The van der Waals surface area contributed by atoms with Crippen LogP contribution in [0.5, 0.6) is 0 Å². The molecule has 0 fully saturated rings. The zero-order chi connectivity index (χ0) is 14.5. The summed E-state index contributed by atoms with van der Waals surface area (Å²) in [5.41, 5.74) is 0.373. The van der Waals surface area contributed by atoms with E-state index in [-0.39, 0.29) is 24.8 Å². The number of rotatable bonds is 5. The first kappa shape index (κ1) is 13.7. The number of imidazole rings is 1. The van der Waals surface area contributed by atoms with E-state index in [2.05, 4.69) is 10.3 Å². The Morgan fingerprint density at radius 1 is 1.45 bits per heavy atom. The fourth-order valence-electron chi connectivity index (χ4n) is 1.59. The number of halogens is 1. The van der Waals surface area contributed by atoms with Gasteiger partial charge >= 0.3 is 5.82 Å². The molecule has 1 N–H and O–H groups in total. The van der Waals surface area contributed by atoms with E-state index < -0.39 is 10.7 Å². The molecule has 2 aromatic rings. The maximum absolute atomic E-state index is 13.3. The number of nitrogens with zero attached hydrogens (tertiary/aromatic N) is 3. The SMILES string of the molecule is O=C(Cn1cnc([N+](=O)[O-])c1)NCc1ccccc1F. The lowest BCUT2D eigenvalue weighted by molar-refractivity contribution is -0.389. The fourth-order valence-corrected chi connectivity index (χ4v) is 1.59. The summed E-state index contributed by atoms with van der Waals surface area (Å²) in [6.07, 6.45) is 2.35. The summed E-state index contributed by atoms with van der Waals surface area (Å²) in [5, 5.41) is 13.0. The molecule has 0 atom stereocenters. The van der Waals surface area contributed by atoms with Crippen molar-refractivity contribution in [1.82, 2.24) is 14.9 Å². The van der Waals surface area contributed by atoms with E-state index >= 15 is 0 Å². The molecule has 0 aliphatic rings. The van der Waals surface area contributed by atoms with Crippen molar-refractivity contribution in [3.8, 4) is 0 Å². The number of nitrogens with one attached hydrogen (secondary N) is 1. The van der Waals surface area contributed by atoms with Crippen LogP contribution in [0.4, 0.5) is 10.2 Å². The van der Waals surface area contributed by atoms with Crippen LogP contribution in [0.1, 0.15) is 5.56 Å². The Bertz CT molecular complexity index is 641. The highest BCUT2D eigenvalue weighted by Gasteiger charge is 2.12. The maximum Gasteiger partial charge on any atom is 0.381 e. The number of hydrogen-bond donors (Lipinski definition) is 1. The number of carbonyl (C=O) groups is 1. The molecule has 1 heterocycles. The molecule has 0 unspecified atom stereocenters. The van der Waals surface area contributed by atoms with E-state index in [1.165, 1.54) is 17.0 Å². The molecule has 0 aliphatic carbocycles. The van der Waals surface area contributed by atoms with Gasteiger partial charge in [-0.05, 0) is 16.0 Å². The first-order chi connectivity index (χ1) is 9.56. The van der Waals surface area contributed by atoms with Crippen LogP contribution < -0.4 is 5.32 Å². The predicted molar refractivity (Wildman–Crippen MR) is 67.1 cm³/mol. The monoisotopic (exact) mass is 278 g/mol. The first-order valence-electron chi connectivity index (χ1n) is 5.72. The van der Waals surface area contributed by atoms with E-state index in [0.717, 1.165) is 6.20 Å². The molecule has 8 heteroatoms. The van der Waals surface area contributed by atoms with Crippen molar-refractivity contribution >= 4 is 11.7 Å². The summed E-state index contributed by atoms with van der Waals surface area (Å²) in [7, 11) is 0. The molecule has 1 aromatic carbocycles. The van der Waals surface area contributed by atoms with Gasteiger partial charge in [-0.1, -0.05) is 18.2 Å². The van der Waals surface area contributed by atoms with Gasteiger partial charge in [0.2, 0.25) is 12.2 Å². The Kier molecular flexibility index (Phi) is 4.04. The Hall–Kier alpha value is -2.77. The van der Waals surface area contributed by atoms with Gasteiger partial charge in [-0.2, -0.15) is 0 Å². The van der Waals surface area contributed by atoms with Crippen molar-refractivity contribution in [3.63, 3.8) is 0 Å². The number of amides is 1. The third kappa shape index (κ3) is 3.37. The normalized spacial score (nSPS) is 10.2. The van der Waals surface area contributed by atoms with Gasteiger partial charge in [-0.25, -0.2) is 4.39 Å². The van der Waals surface area contributed by atoms with Gasteiger partial charge in [0.15, 0.2) is 0 Å². The summed E-state index contributed by atoms with van der Waals surface area (Å²) in [5.74, 6) is -1.11. The zero-order valence-corrected chi connectivity index (χ0v) is 10.3. The van der Waals surface area contributed by atoms with Crippen molar-refractivity contribution in [2.75, 3.05) is 0 Å². The van der Waals surface area contributed by atoms with Crippen molar-refractivity contribution in [2.24, 2.45) is 0 Å². The van der Waals surface area contributed by atoms with E-state index in [4.69, 9.17) is 0 Å². The average Bonchev–Trinajstić information content (AvgIpc) is 2.86. The number of nitro groups is 1. The van der Waals surface area contributed by atoms with Crippen LogP contribution >= 0.6 is 0 Å². The van der Waals surface area contributed by atoms with Gasteiger partial charge in [0.1, 0.15) is 18.6 Å².